The van der Waals surface area contributed by atoms with Gasteiger partial charge in [-0.05, 0) is 37.5 Å². The zero-order chi connectivity index (χ0) is 17.0. The number of aromatic nitrogens is 2. The molecule has 1 unspecified atom stereocenters. The molecule has 1 fully saturated rings. The average molecular weight is 344 g/mol. The smallest absolute Gasteiger partial charge is 0.269 e. The molecule has 24 heavy (non-hydrogen) atoms. The van der Waals surface area contributed by atoms with Crippen LogP contribution in [0.5, 0.6) is 0 Å². The Kier molecular flexibility index (Phi) is 4.89. The summed E-state index contributed by atoms with van der Waals surface area (Å²) in [5.74, 6) is 5.72. The summed E-state index contributed by atoms with van der Waals surface area (Å²) in [6.45, 7) is 0. The van der Waals surface area contributed by atoms with E-state index in [1.807, 2.05) is 12.1 Å². The number of nitrogens with zero attached hydrogens (tertiary/aromatic N) is 1. The van der Waals surface area contributed by atoms with Crippen LogP contribution in [0.3, 0.4) is 0 Å². The summed E-state index contributed by atoms with van der Waals surface area (Å²) in [6, 6.07) is 7.10. The van der Waals surface area contributed by atoms with Crippen molar-refractivity contribution in [1.29, 1.82) is 0 Å². The molecular weight excluding hydrogens is 326 g/mol. The number of carbonyl (C=O) groups excluding carboxylic acids is 1. The predicted octanol–water partition coefficient (Wildman–Crippen LogP) is 2.52. The number of H-pyrrole nitrogens is 1. The summed E-state index contributed by atoms with van der Waals surface area (Å²) in [7, 11) is 0. The van der Waals surface area contributed by atoms with Crippen LogP contribution in [0, 0.1) is 11.8 Å². The Bertz CT molecular complexity index is 779. The van der Waals surface area contributed by atoms with E-state index in [9.17, 15) is 9.90 Å². The Balaban J connectivity index is 1.67. The van der Waals surface area contributed by atoms with Gasteiger partial charge in [-0.3, -0.25) is 4.79 Å². The molecule has 124 valence electrons. The van der Waals surface area contributed by atoms with Crippen LogP contribution in [0.15, 0.2) is 36.8 Å². The van der Waals surface area contributed by atoms with Gasteiger partial charge in [-0.1, -0.05) is 29.5 Å². The number of hydrogen-bond donors (Lipinski definition) is 3. The summed E-state index contributed by atoms with van der Waals surface area (Å²) >= 11 is 5.94. The summed E-state index contributed by atoms with van der Waals surface area (Å²) < 4.78 is 0. The Hall–Kier alpha value is -2.29. The van der Waals surface area contributed by atoms with Crippen molar-refractivity contribution in [2.75, 3.05) is 0 Å². The lowest BCUT2D eigenvalue weighted by atomic mass is 9.82. The van der Waals surface area contributed by atoms with Crippen molar-refractivity contribution in [1.82, 2.24) is 15.3 Å². The molecule has 1 aliphatic rings. The maximum absolute atomic E-state index is 12.1. The molecule has 0 spiro atoms. The van der Waals surface area contributed by atoms with Gasteiger partial charge < -0.3 is 15.4 Å². The Morgan fingerprint density at radius 3 is 3.12 bits per heavy atom. The van der Waals surface area contributed by atoms with E-state index < -0.39 is 5.60 Å². The van der Waals surface area contributed by atoms with E-state index in [1.54, 1.807) is 12.1 Å². The molecule has 1 saturated carbocycles. The van der Waals surface area contributed by atoms with Gasteiger partial charge in [-0.2, -0.15) is 0 Å². The summed E-state index contributed by atoms with van der Waals surface area (Å²) in [4.78, 5) is 18.7. The number of hydrogen-bond acceptors (Lipinski definition) is 3. The monoisotopic (exact) mass is 343 g/mol. The van der Waals surface area contributed by atoms with Crippen molar-refractivity contribution in [2.24, 2.45) is 0 Å². The van der Waals surface area contributed by atoms with Crippen LogP contribution in [0.1, 0.15) is 41.7 Å². The van der Waals surface area contributed by atoms with Gasteiger partial charge in [0.1, 0.15) is 11.3 Å². The third kappa shape index (κ3) is 4.16. The van der Waals surface area contributed by atoms with Crippen LogP contribution in [-0.2, 0) is 0 Å². The van der Waals surface area contributed by atoms with Crippen molar-refractivity contribution in [3.63, 3.8) is 0 Å². The number of aromatic amines is 1. The van der Waals surface area contributed by atoms with Gasteiger partial charge in [0.05, 0.1) is 12.5 Å². The zero-order valence-electron chi connectivity index (χ0n) is 13.1. The second kappa shape index (κ2) is 7.08. The van der Waals surface area contributed by atoms with Gasteiger partial charge in [0.2, 0.25) is 0 Å². The fourth-order valence-electron chi connectivity index (χ4n) is 2.89. The van der Waals surface area contributed by atoms with E-state index in [0.717, 1.165) is 18.4 Å². The Morgan fingerprint density at radius 1 is 1.50 bits per heavy atom. The minimum atomic E-state index is -1.10. The number of aliphatic hydroxyl groups is 1. The highest BCUT2D eigenvalue weighted by molar-refractivity contribution is 6.30. The molecule has 1 aromatic heterocycles. The molecule has 6 heteroatoms. The Morgan fingerprint density at radius 2 is 2.38 bits per heavy atom. The lowest BCUT2D eigenvalue weighted by molar-refractivity contribution is 0.0451. The fraction of sp³-hybridized carbons (Fsp3) is 0.333. The van der Waals surface area contributed by atoms with Crippen LogP contribution >= 0.6 is 11.6 Å². The van der Waals surface area contributed by atoms with E-state index in [0.29, 0.717) is 23.6 Å². The summed E-state index contributed by atoms with van der Waals surface area (Å²) in [5, 5.41) is 14.3. The number of carbonyl (C=O) groups is 1. The standard InChI is InChI=1S/C18H18ClN3O2/c19-14-4-1-3-13(9-14)6-8-18(24)7-2-5-15(10-18)22-17(23)16-11-20-12-21-16/h1,3-4,9,11-12,15,24H,2,5,7,10H2,(H,20,21)(H,22,23)/t15-,18?/m0/s1. The van der Waals surface area contributed by atoms with Gasteiger partial charge >= 0.3 is 0 Å². The van der Waals surface area contributed by atoms with Gasteiger partial charge in [0.25, 0.3) is 5.91 Å². The lowest BCUT2D eigenvalue weighted by Crippen LogP contribution is -2.45. The van der Waals surface area contributed by atoms with Crippen LogP contribution in [0.2, 0.25) is 5.02 Å². The number of nitrogens with one attached hydrogen (secondary N) is 2. The lowest BCUT2D eigenvalue weighted by Gasteiger charge is -2.33. The molecule has 0 aliphatic heterocycles. The summed E-state index contributed by atoms with van der Waals surface area (Å²) in [6.07, 6.45) is 5.55. The van der Waals surface area contributed by atoms with E-state index in [4.69, 9.17) is 11.6 Å². The third-order valence-electron chi connectivity index (χ3n) is 4.07. The highest BCUT2D eigenvalue weighted by Crippen LogP contribution is 2.28. The molecule has 0 radical (unpaired) electrons. The van der Waals surface area contributed by atoms with Gasteiger partial charge in [0, 0.05) is 23.0 Å². The van der Waals surface area contributed by atoms with Crippen LogP contribution < -0.4 is 5.32 Å². The quantitative estimate of drug-likeness (QED) is 0.733. The first-order valence-electron chi connectivity index (χ1n) is 7.84. The number of amides is 1. The largest absolute Gasteiger partial charge is 0.378 e. The van der Waals surface area contributed by atoms with E-state index >= 15 is 0 Å². The highest BCUT2D eigenvalue weighted by Gasteiger charge is 2.33. The van der Waals surface area contributed by atoms with E-state index in [1.165, 1.54) is 12.5 Å². The van der Waals surface area contributed by atoms with E-state index in [2.05, 4.69) is 27.1 Å². The summed E-state index contributed by atoms with van der Waals surface area (Å²) in [5.41, 5.74) is 0.0700. The number of rotatable bonds is 2. The molecule has 5 nitrogen and oxygen atoms in total. The van der Waals surface area contributed by atoms with Crippen LogP contribution in [0.25, 0.3) is 0 Å². The van der Waals surface area contributed by atoms with Crippen LogP contribution in [0.4, 0.5) is 0 Å². The fourth-order valence-corrected chi connectivity index (χ4v) is 3.08. The molecule has 3 N–H and O–H groups in total. The van der Waals surface area contributed by atoms with Crippen molar-refractivity contribution in [3.8, 4) is 11.8 Å². The molecule has 2 aromatic rings. The molecule has 2 atom stereocenters. The molecule has 1 aromatic carbocycles. The maximum atomic E-state index is 12.1. The van der Waals surface area contributed by atoms with Crippen molar-refractivity contribution < 1.29 is 9.90 Å². The third-order valence-corrected chi connectivity index (χ3v) is 4.30. The van der Waals surface area contributed by atoms with Crippen LogP contribution in [-0.4, -0.2) is 32.6 Å². The number of halogens is 1. The second-order valence-corrected chi connectivity index (χ2v) is 6.46. The van der Waals surface area contributed by atoms with Crippen molar-refractivity contribution in [3.05, 3.63) is 53.1 Å². The molecular formula is C18H18ClN3O2. The minimum absolute atomic E-state index is 0.117. The topological polar surface area (TPSA) is 78.0 Å². The van der Waals surface area contributed by atoms with Gasteiger partial charge in [-0.25, -0.2) is 4.98 Å². The zero-order valence-corrected chi connectivity index (χ0v) is 13.8. The van der Waals surface area contributed by atoms with Crippen molar-refractivity contribution in [2.45, 2.75) is 37.3 Å². The number of benzene rings is 1. The molecule has 0 saturated heterocycles. The second-order valence-electron chi connectivity index (χ2n) is 6.02. The molecule has 3 rings (SSSR count). The van der Waals surface area contributed by atoms with Gasteiger partial charge in [-0.15, -0.1) is 0 Å². The van der Waals surface area contributed by atoms with Crippen molar-refractivity contribution >= 4 is 17.5 Å². The first kappa shape index (κ1) is 16.6. The predicted molar refractivity (Wildman–Crippen MR) is 91.6 cm³/mol. The highest BCUT2D eigenvalue weighted by atomic mass is 35.5. The molecule has 0 bridgehead atoms. The first-order chi connectivity index (χ1) is 11.5. The van der Waals surface area contributed by atoms with E-state index in [-0.39, 0.29) is 11.9 Å². The number of imidazole rings is 1. The SMILES string of the molecule is O=C(N[C@H]1CCCC(O)(C#Cc2cccc(Cl)c2)C1)c1cnc[nH]1. The normalized spacial score (nSPS) is 23.2. The average Bonchev–Trinajstić information content (AvgIpc) is 3.08. The molecule has 1 aliphatic carbocycles. The van der Waals surface area contributed by atoms with Gasteiger partial charge in [0.15, 0.2) is 0 Å². The minimum Gasteiger partial charge on any atom is -0.378 e. The first-order valence-corrected chi connectivity index (χ1v) is 8.22. The molecule has 1 heterocycles. The Labute approximate surface area is 145 Å². The molecule has 1 amide bonds. The maximum Gasteiger partial charge on any atom is 0.269 e.